The van der Waals surface area contributed by atoms with Crippen molar-refractivity contribution in [3.63, 3.8) is 0 Å². The number of hydrogen-bond donors (Lipinski definition) is 3. The van der Waals surface area contributed by atoms with E-state index in [-0.39, 0.29) is 12.5 Å². The first-order valence-corrected chi connectivity index (χ1v) is 8.45. The smallest absolute Gasteiger partial charge is 0.273 e. The number of para-hydroxylation sites is 1. The molecule has 2 aromatic carbocycles. The third kappa shape index (κ3) is 3.65. The normalized spacial score (nSPS) is 10.5. The Morgan fingerprint density at radius 3 is 2.65 bits per heavy atom. The van der Waals surface area contributed by atoms with Gasteiger partial charge < -0.3 is 25.5 Å². The average molecular weight is 418 g/mol. The fourth-order valence-electron chi connectivity index (χ4n) is 2.47. The molecule has 0 atom stereocenters. The molecule has 1 heterocycles. The van der Waals surface area contributed by atoms with Crippen molar-refractivity contribution in [2.45, 2.75) is 0 Å². The summed E-state index contributed by atoms with van der Waals surface area (Å²) >= 11 is 3.46. The first-order chi connectivity index (χ1) is 12.5. The number of hydrogen-bond acceptors (Lipinski definition) is 4. The van der Waals surface area contributed by atoms with Crippen LogP contribution in [0.25, 0.3) is 10.9 Å². The van der Waals surface area contributed by atoms with Crippen molar-refractivity contribution in [2.24, 2.45) is 5.73 Å². The summed E-state index contributed by atoms with van der Waals surface area (Å²) in [6.45, 7) is -0.290. The second-order valence-electron chi connectivity index (χ2n) is 5.43. The summed E-state index contributed by atoms with van der Waals surface area (Å²) in [5, 5.41) is 3.70. The largest absolute Gasteiger partial charge is 0.493 e. The lowest BCUT2D eigenvalue weighted by atomic mass is 10.2. The number of H-pyrrole nitrogens is 1. The molecule has 134 valence electrons. The third-order valence-corrected chi connectivity index (χ3v) is 4.48. The van der Waals surface area contributed by atoms with Crippen molar-refractivity contribution < 1.29 is 19.1 Å². The Morgan fingerprint density at radius 2 is 1.96 bits per heavy atom. The van der Waals surface area contributed by atoms with Crippen LogP contribution in [0.1, 0.15) is 10.5 Å². The quantitative estimate of drug-likeness (QED) is 0.572. The highest BCUT2D eigenvalue weighted by Crippen LogP contribution is 2.32. The second kappa shape index (κ2) is 7.49. The summed E-state index contributed by atoms with van der Waals surface area (Å²) in [6, 6.07) is 12.5. The molecule has 0 aliphatic heterocycles. The molecule has 4 N–H and O–H groups in total. The number of aromatic nitrogens is 1. The summed E-state index contributed by atoms with van der Waals surface area (Å²) in [5.74, 6) is -0.196. The average Bonchev–Trinajstić information content (AvgIpc) is 2.97. The maximum Gasteiger partial charge on any atom is 0.273 e. The van der Waals surface area contributed by atoms with Crippen LogP contribution in [0.15, 0.2) is 46.9 Å². The van der Waals surface area contributed by atoms with Gasteiger partial charge in [-0.2, -0.15) is 0 Å². The minimum absolute atomic E-state index is 0.290. The number of ether oxygens (including phenoxy) is 2. The summed E-state index contributed by atoms with van der Waals surface area (Å²) in [6.07, 6.45) is 0. The SMILES string of the molecule is COc1ccc(NC(=O)c2[nH]c3ccccc3c2Br)cc1OCC(N)=O. The van der Waals surface area contributed by atoms with E-state index in [0.717, 1.165) is 10.9 Å². The Bertz CT molecular complexity index is 984. The molecule has 0 saturated carbocycles. The number of fused-ring (bicyclic) bond motifs is 1. The zero-order chi connectivity index (χ0) is 18.7. The number of nitrogens with two attached hydrogens (primary N) is 1. The van der Waals surface area contributed by atoms with Crippen LogP contribution in [0, 0.1) is 0 Å². The summed E-state index contributed by atoms with van der Waals surface area (Å²) < 4.78 is 11.2. The topological polar surface area (TPSA) is 106 Å². The molecule has 0 saturated heterocycles. The lowest BCUT2D eigenvalue weighted by Gasteiger charge is -2.12. The molecule has 0 aliphatic carbocycles. The van der Waals surface area contributed by atoms with Crippen LogP contribution in [0.4, 0.5) is 5.69 Å². The van der Waals surface area contributed by atoms with Crippen LogP contribution in [0.3, 0.4) is 0 Å². The number of amides is 2. The Labute approximate surface area is 157 Å². The highest BCUT2D eigenvalue weighted by atomic mass is 79.9. The first kappa shape index (κ1) is 17.8. The molecular formula is C18H16BrN3O4. The van der Waals surface area contributed by atoms with Gasteiger partial charge in [-0.25, -0.2) is 0 Å². The van der Waals surface area contributed by atoms with Gasteiger partial charge in [0.1, 0.15) is 5.69 Å². The number of carbonyl (C=O) groups is 2. The van der Waals surface area contributed by atoms with Crippen molar-refractivity contribution in [3.05, 3.63) is 52.6 Å². The van der Waals surface area contributed by atoms with E-state index in [2.05, 4.69) is 26.2 Å². The molecule has 0 fully saturated rings. The highest BCUT2D eigenvalue weighted by Gasteiger charge is 2.17. The molecule has 7 nitrogen and oxygen atoms in total. The van der Waals surface area contributed by atoms with Crippen LogP contribution < -0.4 is 20.5 Å². The minimum atomic E-state index is -0.608. The molecule has 0 unspecified atom stereocenters. The number of carbonyl (C=O) groups excluding carboxylic acids is 2. The molecular weight excluding hydrogens is 402 g/mol. The maximum absolute atomic E-state index is 12.6. The van der Waals surface area contributed by atoms with Gasteiger partial charge in [-0.15, -0.1) is 0 Å². The Hall–Kier alpha value is -3.00. The molecule has 0 spiro atoms. The van der Waals surface area contributed by atoms with Gasteiger partial charge in [-0.05, 0) is 34.1 Å². The van der Waals surface area contributed by atoms with Crippen LogP contribution in [0.2, 0.25) is 0 Å². The van der Waals surface area contributed by atoms with Crippen molar-refractivity contribution in [1.29, 1.82) is 0 Å². The van der Waals surface area contributed by atoms with E-state index in [0.29, 0.717) is 27.4 Å². The number of anilines is 1. The predicted molar refractivity (Wildman–Crippen MR) is 102 cm³/mol. The van der Waals surface area contributed by atoms with Crippen molar-refractivity contribution in [1.82, 2.24) is 4.98 Å². The first-order valence-electron chi connectivity index (χ1n) is 7.66. The predicted octanol–water partition coefficient (Wildman–Crippen LogP) is 3.06. The fourth-order valence-corrected chi connectivity index (χ4v) is 3.10. The lowest BCUT2D eigenvalue weighted by molar-refractivity contribution is -0.119. The number of benzene rings is 2. The number of methoxy groups -OCH3 is 1. The molecule has 26 heavy (non-hydrogen) atoms. The maximum atomic E-state index is 12.6. The number of halogens is 1. The molecule has 2 amide bonds. The van der Waals surface area contributed by atoms with E-state index in [1.54, 1.807) is 18.2 Å². The highest BCUT2D eigenvalue weighted by molar-refractivity contribution is 9.10. The van der Waals surface area contributed by atoms with Crippen molar-refractivity contribution in [2.75, 3.05) is 19.0 Å². The van der Waals surface area contributed by atoms with Gasteiger partial charge in [0.25, 0.3) is 11.8 Å². The zero-order valence-corrected chi connectivity index (χ0v) is 15.4. The van der Waals surface area contributed by atoms with Gasteiger partial charge in [0.15, 0.2) is 18.1 Å². The summed E-state index contributed by atoms with van der Waals surface area (Å²) in [7, 11) is 1.48. The Balaban J connectivity index is 1.85. The van der Waals surface area contributed by atoms with Crippen LogP contribution in [-0.4, -0.2) is 30.5 Å². The standard InChI is InChI=1S/C18H16BrN3O4/c1-25-13-7-6-10(8-14(13)26-9-15(20)23)21-18(24)17-16(19)11-4-2-3-5-12(11)22-17/h2-8,22H,9H2,1H3,(H2,20,23)(H,21,24). The van der Waals surface area contributed by atoms with Crippen molar-refractivity contribution >= 4 is 44.3 Å². The minimum Gasteiger partial charge on any atom is -0.493 e. The van der Waals surface area contributed by atoms with E-state index in [9.17, 15) is 9.59 Å². The summed E-state index contributed by atoms with van der Waals surface area (Å²) in [4.78, 5) is 26.6. The second-order valence-corrected chi connectivity index (χ2v) is 6.23. The van der Waals surface area contributed by atoms with E-state index in [4.69, 9.17) is 15.2 Å². The van der Waals surface area contributed by atoms with Gasteiger partial charge in [0.2, 0.25) is 0 Å². The number of aromatic amines is 1. The number of nitrogens with one attached hydrogen (secondary N) is 2. The van der Waals surface area contributed by atoms with E-state index < -0.39 is 5.91 Å². The van der Waals surface area contributed by atoms with E-state index in [1.807, 2.05) is 24.3 Å². The van der Waals surface area contributed by atoms with E-state index >= 15 is 0 Å². The molecule has 0 bridgehead atoms. The van der Waals surface area contributed by atoms with Gasteiger partial charge in [0, 0.05) is 22.7 Å². The zero-order valence-electron chi connectivity index (χ0n) is 13.8. The molecule has 0 aliphatic rings. The van der Waals surface area contributed by atoms with E-state index in [1.165, 1.54) is 7.11 Å². The van der Waals surface area contributed by atoms with Crippen molar-refractivity contribution in [3.8, 4) is 11.5 Å². The van der Waals surface area contributed by atoms with Gasteiger partial charge >= 0.3 is 0 Å². The fraction of sp³-hybridized carbons (Fsp3) is 0.111. The lowest BCUT2D eigenvalue weighted by Crippen LogP contribution is -2.20. The molecule has 3 aromatic rings. The van der Waals surface area contributed by atoms with Crippen LogP contribution in [-0.2, 0) is 4.79 Å². The molecule has 1 aromatic heterocycles. The molecule has 0 radical (unpaired) electrons. The monoisotopic (exact) mass is 417 g/mol. The Kier molecular flexibility index (Phi) is 5.13. The van der Waals surface area contributed by atoms with Gasteiger partial charge in [-0.3, -0.25) is 9.59 Å². The van der Waals surface area contributed by atoms with Gasteiger partial charge in [0.05, 0.1) is 11.6 Å². The van der Waals surface area contributed by atoms with Crippen LogP contribution in [0.5, 0.6) is 11.5 Å². The van der Waals surface area contributed by atoms with Gasteiger partial charge in [-0.1, -0.05) is 18.2 Å². The molecule has 8 heteroatoms. The molecule has 3 rings (SSSR count). The number of primary amides is 1. The third-order valence-electron chi connectivity index (χ3n) is 3.66. The number of rotatable bonds is 6. The Morgan fingerprint density at radius 1 is 1.19 bits per heavy atom. The summed E-state index contributed by atoms with van der Waals surface area (Å²) in [5.41, 5.74) is 6.84. The van der Waals surface area contributed by atoms with Crippen LogP contribution >= 0.6 is 15.9 Å².